The summed E-state index contributed by atoms with van der Waals surface area (Å²) in [6.07, 6.45) is 5.87. The minimum absolute atomic E-state index is 0.461. The number of benzene rings is 1. The Morgan fingerprint density at radius 3 is 2.82 bits per heavy atom. The molecule has 1 aromatic carbocycles. The second-order valence-corrected chi connectivity index (χ2v) is 5.81. The summed E-state index contributed by atoms with van der Waals surface area (Å²) in [7, 11) is 0. The summed E-state index contributed by atoms with van der Waals surface area (Å²) in [5, 5.41) is 0.999. The van der Waals surface area contributed by atoms with Gasteiger partial charge < -0.3 is 9.64 Å². The van der Waals surface area contributed by atoms with E-state index < -0.39 is 0 Å². The van der Waals surface area contributed by atoms with Crippen LogP contribution in [0.1, 0.15) is 36.2 Å². The van der Waals surface area contributed by atoms with Crippen LogP contribution in [0.25, 0.3) is 10.9 Å². The molecule has 0 aliphatic carbocycles. The largest absolute Gasteiger partial charge is 0.494 e. The van der Waals surface area contributed by atoms with Crippen molar-refractivity contribution in [1.82, 2.24) is 9.88 Å². The van der Waals surface area contributed by atoms with E-state index in [0.717, 1.165) is 42.5 Å². The first-order valence-corrected chi connectivity index (χ1v) is 8.06. The van der Waals surface area contributed by atoms with Crippen molar-refractivity contribution in [3.63, 3.8) is 0 Å². The summed E-state index contributed by atoms with van der Waals surface area (Å²) < 4.78 is 5.84. The molecule has 1 saturated heterocycles. The van der Waals surface area contributed by atoms with Gasteiger partial charge in [0.05, 0.1) is 12.1 Å². The first-order chi connectivity index (χ1) is 10.8. The number of carbonyl (C=O) groups excluding carboxylic acids is 1. The maximum Gasteiger partial charge on any atom is 0.168 e. The molecule has 0 unspecified atom stereocenters. The van der Waals surface area contributed by atoms with Crippen LogP contribution in [0.2, 0.25) is 0 Å². The Morgan fingerprint density at radius 1 is 1.14 bits per heavy atom. The highest BCUT2D eigenvalue weighted by atomic mass is 16.5. The average molecular weight is 298 g/mol. The molecular formula is C18H22N2O2. The van der Waals surface area contributed by atoms with Crippen LogP contribution in [-0.4, -0.2) is 42.4 Å². The molecule has 0 N–H and O–H groups in total. The molecule has 0 atom stereocenters. The number of likely N-dealkylation sites (tertiary alicyclic amines) is 1. The van der Waals surface area contributed by atoms with Gasteiger partial charge in [0.1, 0.15) is 11.4 Å². The van der Waals surface area contributed by atoms with Gasteiger partial charge in [-0.3, -0.25) is 4.79 Å². The molecule has 22 heavy (non-hydrogen) atoms. The Morgan fingerprint density at radius 2 is 2.00 bits per heavy atom. The molecule has 1 aliphatic heterocycles. The summed E-state index contributed by atoms with van der Waals surface area (Å²) in [5.74, 6) is 0.867. The molecule has 0 saturated carbocycles. The van der Waals surface area contributed by atoms with Crippen molar-refractivity contribution in [3.8, 4) is 5.75 Å². The molecule has 116 valence electrons. The van der Waals surface area contributed by atoms with Gasteiger partial charge in [0, 0.05) is 11.9 Å². The Balaban J connectivity index is 1.51. The number of hydrogen-bond donors (Lipinski definition) is 0. The van der Waals surface area contributed by atoms with Crippen LogP contribution in [-0.2, 0) is 0 Å². The second kappa shape index (κ2) is 7.36. The number of aldehydes is 1. The van der Waals surface area contributed by atoms with Crippen LogP contribution in [0.3, 0.4) is 0 Å². The molecule has 4 nitrogen and oxygen atoms in total. The lowest BCUT2D eigenvalue weighted by atomic mass is 10.1. The van der Waals surface area contributed by atoms with Crippen LogP contribution in [0, 0.1) is 0 Å². The Labute approximate surface area is 131 Å². The van der Waals surface area contributed by atoms with Crippen molar-refractivity contribution in [3.05, 3.63) is 36.0 Å². The maximum atomic E-state index is 10.7. The highest BCUT2D eigenvalue weighted by Crippen LogP contribution is 2.20. The smallest absolute Gasteiger partial charge is 0.168 e. The molecule has 0 spiro atoms. The maximum absolute atomic E-state index is 10.7. The predicted molar refractivity (Wildman–Crippen MR) is 87.5 cm³/mol. The highest BCUT2D eigenvalue weighted by molar-refractivity contribution is 5.84. The van der Waals surface area contributed by atoms with Crippen molar-refractivity contribution in [2.45, 2.75) is 25.7 Å². The number of pyridine rings is 1. The number of ether oxygens (including phenoxy) is 1. The van der Waals surface area contributed by atoms with E-state index in [4.69, 9.17) is 4.74 Å². The SMILES string of the molecule is O=Cc1ccc2cc(OCCCN3CCCCC3)ccc2n1. The van der Waals surface area contributed by atoms with Crippen LogP contribution in [0.15, 0.2) is 30.3 Å². The van der Waals surface area contributed by atoms with Gasteiger partial charge in [0.25, 0.3) is 0 Å². The van der Waals surface area contributed by atoms with Gasteiger partial charge in [0.15, 0.2) is 6.29 Å². The standard InChI is InChI=1S/C18H22N2O2/c21-14-16-6-5-15-13-17(7-8-18(15)19-16)22-12-4-11-20-9-2-1-3-10-20/h5-8,13-14H,1-4,9-12H2. The third-order valence-electron chi connectivity index (χ3n) is 4.14. The number of carbonyl (C=O) groups is 1. The van der Waals surface area contributed by atoms with Crippen molar-refractivity contribution >= 4 is 17.2 Å². The summed E-state index contributed by atoms with van der Waals surface area (Å²) in [6.45, 7) is 4.33. The van der Waals surface area contributed by atoms with E-state index in [0.29, 0.717) is 5.69 Å². The fourth-order valence-corrected chi connectivity index (χ4v) is 2.94. The Bertz CT molecular complexity index is 636. The summed E-state index contributed by atoms with van der Waals surface area (Å²) in [6, 6.07) is 9.45. The van der Waals surface area contributed by atoms with Gasteiger partial charge in [-0.15, -0.1) is 0 Å². The Kier molecular flexibility index (Phi) is 5.01. The van der Waals surface area contributed by atoms with Gasteiger partial charge in [-0.05, 0) is 56.6 Å². The molecule has 3 rings (SSSR count). The van der Waals surface area contributed by atoms with Crippen molar-refractivity contribution in [1.29, 1.82) is 0 Å². The van der Waals surface area contributed by atoms with E-state index >= 15 is 0 Å². The first kappa shape index (κ1) is 15.0. The summed E-state index contributed by atoms with van der Waals surface area (Å²) in [4.78, 5) is 17.5. The van der Waals surface area contributed by atoms with E-state index in [1.807, 2.05) is 24.3 Å². The number of rotatable bonds is 6. The fraction of sp³-hybridized carbons (Fsp3) is 0.444. The second-order valence-electron chi connectivity index (χ2n) is 5.81. The molecule has 0 radical (unpaired) electrons. The summed E-state index contributed by atoms with van der Waals surface area (Å²) in [5.41, 5.74) is 1.29. The highest BCUT2D eigenvalue weighted by Gasteiger charge is 2.09. The van der Waals surface area contributed by atoms with Crippen LogP contribution in [0.5, 0.6) is 5.75 Å². The predicted octanol–water partition coefficient (Wildman–Crippen LogP) is 3.30. The minimum Gasteiger partial charge on any atom is -0.494 e. The minimum atomic E-state index is 0.461. The number of fused-ring (bicyclic) bond motifs is 1. The molecule has 4 heteroatoms. The topological polar surface area (TPSA) is 42.4 Å². The van der Waals surface area contributed by atoms with Crippen LogP contribution in [0.4, 0.5) is 0 Å². The third-order valence-corrected chi connectivity index (χ3v) is 4.14. The number of piperidine rings is 1. The van der Waals surface area contributed by atoms with Gasteiger partial charge in [-0.1, -0.05) is 12.5 Å². The fourth-order valence-electron chi connectivity index (χ4n) is 2.94. The monoisotopic (exact) mass is 298 g/mol. The molecule has 1 fully saturated rings. The normalized spacial score (nSPS) is 15.8. The molecule has 0 bridgehead atoms. The average Bonchev–Trinajstić information content (AvgIpc) is 2.59. The lowest BCUT2D eigenvalue weighted by Gasteiger charge is -2.26. The zero-order valence-corrected chi connectivity index (χ0v) is 12.8. The van der Waals surface area contributed by atoms with Gasteiger partial charge in [0.2, 0.25) is 0 Å². The van der Waals surface area contributed by atoms with E-state index in [2.05, 4.69) is 9.88 Å². The number of aromatic nitrogens is 1. The molecule has 0 amide bonds. The quantitative estimate of drug-likeness (QED) is 0.606. The number of hydrogen-bond acceptors (Lipinski definition) is 4. The van der Waals surface area contributed by atoms with E-state index in [1.165, 1.54) is 32.4 Å². The zero-order valence-electron chi connectivity index (χ0n) is 12.8. The molecule has 2 heterocycles. The molecular weight excluding hydrogens is 276 g/mol. The van der Waals surface area contributed by atoms with Gasteiger partial charge >= 0.3 is 0 Å². The van der Waals surface area contributed by atoms with Crippen molar-refractivity contribution in [2.75, 3.05) is 26.2 Å². The lowest BCUT2D eigenvalue weighted by Crippen LogP contribution is -2.31. The van der Waals surface area contributed by atoms with Crippen molar-refractivity contribution in [2.24, 2.45) is 0 Å². The van der Waals surface area contributed by atoms with Gasteiger partial charge in [-0.2, -0.15) is 0 Å². The molecule has 1 aromatic heterocycles. The van der Waals surface area contributed by atoms with E-state index in [1.54, 1.807) is 6.07 Å². The van der Waals surface area contributed by atoms with Gasteiger partial charge in [-0.25, -0.2) is 4.98 Å². The van der Waals surface area contributed by atoms with E-state index in [-0.39, 0.29) is 0 Å². The first-order valence-electron chi connectivity index (χ1n) is 8.06. The summed E-state index contributed by atoms with van der Waals surface area (Å²) >= 11 is 0. The van der Waals surface area contributed by atoms with Crippen molar-refractivity contribution < 1.29 is 9.53 Å². The Hall–Kier alpha value is -1.94. The van der Waals surface area contributed by atoms with Crippen LogP contribution >= 0.6 is 0 Å². The zero-order chi connectivity index (χ0) is 15.2. The van der Waals surface area contributed by atoms with E-state index in [9.17, 15) is 4.79 Å². The third kappa shape index (κ3) is 3.83. The molecule has 1 aliphatic rings. The van der Waals surface area contributed by atoms with Crippen LogP contribution < -0.4 is 4.74 Å². The molecule has 2 aromatic rings. The lowest BCUT2D eigenvalue weighted by molar-refractivity contribution is 0.111. The number of nitrogens with zero attached hydrogens (tertiary/aromatic N) is 2.